The number of hydrogen-bond donors (Lipinski definition) is 0. The van der Waals surface area contributed by atoms with Crippen LogP contribution in [0.25, 0.3) is 0 Å². The zero-order valence-corrected chi connectivity index (χ0v) is 47.2. The maximum absolute atomic E-state index is 12.9. The molecule has 0 saturated carbocycles. The van der Waals surface area contributed by atoms with E-state index in [-0.39, 0.29) is 31.1 Å². The van der Waals surface area contributed by atoms with Gasteiger partial charge in [0.25, 0.3) is 0 Å². The molecule has 0 saturated heterocycles. The fraction of sp³-hybridized carbons (Fsp3) is 0.800. The molecule has 0 rings (SSSR count). The molecule has 6 heteroatoms. The second-order valence-corrected chi connectivity index (χ2v) is 20.6. The van der Waals surface area contributed by atoms with E-state index in [0.717, 1.165) is 96.3 Å². The normalized spacial score (nSPS) is 12.4. The second kappa shape index (κ2) is 59.7. The van der Waals surface area contributed by atoms with Crippen molar-refractivity contribution in [2.75, 3.05) is 13.2 Å². The minimum atomic E-state index is -0.786. The van der Waals surface area contributed by atoms with Gasteiger partial charge in [0, 0.05) is 19.3 Å². The number of hydrogen-bond acceptors (Lipinski definition) is 6. The first kappa shape index (κ1) is 68.1. The third kappa shape index (κ3) is 57.9. The number of allylic oxidation sites excluding steroid dienone is 10. The van der Waals surface area contributed by atoms with Crippen molar-refractivity contribution in [2.24, 2.45) is 0 Å². The Bertz CT molecular complexity index is 1280. The van der Waals surface area contributed by atoms with Gasteiger partial charge in [-0.3, -0.25) is 14.4 Å². The average Bonchev–Trinajstić information content (AvgIpc) is 3.37. The van der Waals surface area contributed by atoms with Crippen LogP contribution in [0.1, 0.15) is 316 Å². The fourth-order valence-corrected chi connectivity index (χ4v) is 8.90. The monoisotopic (exact) mass is 993 g/mol. The average molecular weight is 994 g/mol. The van der Waals surface area contributed by atoms with Crippen LogP contribution in [0, 0.1) is 0 Å². The third-order valence-electron chi connectivity index (χ3n) is 13.5. The van der Waals surface area contributed by atoms with Crippen LogP contribution in [-0.2, 0) is 28.6 Å². The molecule has 0 aromatic rings. The third-order valence-corrected chi connectivity index (χ3v) is 13.5. The lowest BCUT2D eigenvalue weighted by Gasteiger charge is -2.18. The first-order valence-electron chi connectivity index (χ1n) is 30.8. The number of esters is 3. The minimum Gasteiger partial charge on any atom is -0.462 e. The van der Waals surface area contributed by atoms with Gasteiger partial charge in [-0.2, -0.15) is 0 Å². The van der Waals surface area contributed by atoms with E-state index in [4.69, 9.17) is 14.2 Å². The summed E-state index contributed by atoms with van der Waals surface area (Å²) in [6.45, 7) is 6.54. The number of carbonyl (C=O) groups is 3. The van der Waals surface area contributed by atoms with Gasteiger partial charge in [-0.1, -0.05) is 274 Å². The van der Waals surface area contributed by atoms with Gasteiger partial charge in [-0.15, -0.1) is 0 Å². The van der Waals surface area contributed by atoms with Crippen molar-refractivity contribution in [1.29, 1.82) is 0 Å². The van der Waals surface area contributed by atoms with Crippen molar-refractivity contribution < 1.29 is 28.6 Å². The molecule has 1 atom stereocenters. The highest BCUT2D eigenvalue weighted by Gasteiger charge is 2.19. The molecule has 0 heterocycles. The lowest BCUT2D eigenvalue weighted by atomic mass is 10.0. The number of unbranched alkanes of at least 4 members (excludes halogenated alkanes) is 35. The van der Waals surface area contributed by atoms with Crippen LogP contribution < -0.4 is 0 Å². The highest BCUT2D eigenvalue weighted by Crippen LogP contribution is 2.17. The van der Waals surface area contributed by atoms with Gasteiger partial charge >= 0.3 is 17.9 Å². The standard InChI is InChI=1S/C65H116O6/c1-4-7-10-13-16-19-22-25-28-30-31-32-33-35-37-40-43-46-49-52-55-58-64(67)70-61-62(60-69-63(66)57-54-51-48-45-42-39-36-27-24-21-18-15-12-9-6-3)71-65(68)59-56-53-50-47-44-41-38-34-29-26-23-20-17-14-11-8-5-2/h8,11,17,20,25-26,28-29,38,41,62H,4-7,9-10,12-16,18-19,21-24,27,30-37,39-40,42-61H2,1-3H3/b11-8-,20-17-,28-25-,29-26-,41-38-/t62-/m0/s1. The summed E-state index contributed by atoms with van der Waals surface area (Å²) < 4.78 is 16.9. The van der Waals surface area contributed by atoms with E-state index in [1.807, 2.05) is 0 Å². The largest absolute Gasteiger partial charge is 0.462 e. The molecule has 0 amide bonds. The number of ether oxygens (including phenoxy) is 3. The molecule has 0 aliphatic carbocycles. The second-order valence-electron chi connectivity index (χ2n) is 20.6. The topological polar surface area (TPSA) is 78.9 Å². The molecule has 0 fully saturated rings. The maximum atomic E-state index is 12.9. The molecule has 6 nitrogen and oxygen atoms in total. The fourth-order valence-electron chi connectivity index (χ4n) is 8.90. The Kier molecular flexibility index (Phi) is 57.2. The van der Waals surface area contributed by atoms with Crippen molar-refractivity contribution in [3.8, 4) is 0 Å². The van der Waals surface area contributed by atoms with Crippen molar-refractivity contribution in [2.45, 2.75) is 322 Å². The van der Waals surface area contributed by atoms with E-state index < -0.39 is 6.10 Å². The first-order valence-corrected chi connectivity index (χ1v) is 30.8. The molecule has 0 unspecified atom stereocenters. The summed E-state index contributed by atoms with van der Waals surface area (Å²) in [5.74, 6) is -0.889. The van der Waals surface area contributed by atoms with Gasteiger partial charge in [-0.25, -0.2) is 0 Å². The molecule has 0 aromatic carbocycles. The van der Waals surface area contributed by atoms with Crippen LogP contribution in [0.2, 0.25) is 0 Å². The summed E-state index contributed by atoms with van der Waals surface area (Å²) in [6.07, 6.45) is 75.0. The molecule has 0 aliphatic heterocycles. The predicted molar refractivity (Wildman–Crippen MR) is 307 cm³/mol. The summed E-state index contributed by atoms with van der Waals surface area (Å²) in [5, 5.41) is 0. The van der Waals surface area contributed by atoms with Crippen molar-refractivity contribution in [3.63, 3.8) is 0 Å². The molecular weight excluding hydrogens is 877 g/mol. The van der Waals surface area contributed by atoms with Gasteiger partial charge in [0.2, 0.25) is 0 Å². The highest BCUT2D eigenvalue weighted by molar-refractivity contribution is 5.71. The van der Waals surface area contributed by atoms with E-state index in [1.54, 1.807) is 0 Å². The highest BCUT2D eigenvalue weighted by atomic mass is 16.6. The van der Waals surface area contributed by atoms with Crippen molar-refractivity contribution in [1.82, 2.24) is 0 Å². The Hall–Kier alpha value is -2.89. The van der Waals surface area contributed by atoms with Crippen molar-refractivity contribution >= 4 is 17.9 Å². The quantitative estimate of drug-likeness (QED) is 0.0261. The molecule has 0 aromatic heterocycles. The Morgan fingerprint density at radius 3 is 0.873 bits per heavy atom. The van der Waals surface area contributed by atoms with Crippen LogP contribution in [0.3, 0.4) is 0 Å². The lowest BCUT2D eigenvalue weighted by Crippen LogP contribution is -2.30. The Balaban J connectivity index is 4.36. The molecule has 0 aliphatic rings. The Morgan fingerprint density at radius 2 is 0.549 bits per heavy atom. The summed E-state index contributed by atoms with van der Waals surface area (Å²) in [4.78, 5) is 38.3. The van der Waals surface area contributed by atoms with E-state index >= 15 is 0 Å². The van der Waals surface area contributed by atoms with Gasteiger partial charge < -0.3 is 14.2 Å². The van der Waals surface area contributed by atoms with E-state index in [0.29, 0.717) is 19.3 Å². The smallest absolute Gasteiger partial charge is 0.306 e. The minimum absolute atomic E-state index is 0.0812. The van der Waals surface area contributed by atoms with Gasteiger partial charge in [0.15, 0.2) is 6.10 Å². The molecule has 0 bridgehead atoms. The maximum Gasteiger partial charge on any atom is 0.306 e. The molecule has 412 valence electrons. The molecule has 0 N–H and O–H groups in total. The SMILES string of the molecule is CC/C=C\C/C=C\C/C=C\C/C=C\CCCCCCC(=O)O[C@H](COC(=O)CCCCCCCCCCCCC/C=C\CCCCCCCC)COC(=O)CCCCCCCCCCCCCCCCC. The zero-order valence-electron chi connectivity index (χ0n) is 47.2. The number of carbonyl (C=O) groups excluding carboxylic acids is 3. The van der Waals surface area contributed by atoms with Gasteiger partial charge in [0.1, 0.15) is 13.2 Å². The summed E-state index contributed by atoms with van der Waals surface area (Å²) in [5.41, 5.74) is 0. The summed E-state index contributed by atoms with van der Waals surface area (Å²) >= 11 is 0. The van der Waals surface area contributed by atoms with E-state index in [9.17, 15) is 14.4 Å². The van der Waals surface area contributed by atoms with Crippen LogP contribution in [0.4, 0.5) is 0 Å². The Morgan fingerprint density at radius 1 is 0.296 bits per heavy atom. The Labute approximate surface area is 440 Å². The van der Waals surface area contributed by atoms with Crippen LogP contribution >= 0.6 is 0 Å². The van der Waals surface area contributed by atoms with Crippen molar-refractivity contribution in [3.05, 3.63) is 60.8 Å². The lowest BCUT2D eigenvalue weighted by molar-refractivity contribution is -0.167. The van der Waals surface area contributed by atoms with E-state index in [2.05, 4.69) is 81.5 Å². The molecular formula is C65H116O6. The van der Waals surface area contributed by atoms with Crippen LogP contribution in [-0.4, -0.2) is 37.2 Å². The zero-order chi connectivity index (χ0) is 51.4. The first-order chi connectivity index (χ1) is 35.0. The molecule has 71 heavy (non-hydrogen) atoms. The molecule has 0 radical (unpaired) electrons. The van der Waals surface area contributed by atoms with Crippen LogP contribution in [0.15, 0.2) is 60.8 Å². The summed E-state index contributed by atoms with van der Waals surface area (Å²) in [6, 6.07) is 0. The van der Waals surface area contributed by atoms with Gasteiger partial charge in [-0.05, 0) is 83.5 Å². The summed E-state index contributed by atoms with van der Waals surface area (Å²) in [7, 11) is 0. The predicted octanol–water partition coefficient (Wildman–Crippen LogP) is 20.8. The van der Waals surface area contributed by atoms with Crippen LogP contribution in [0.5, 0.6) is 0 Å². The molecule has 0 spiro atoms. The van der Waals surface area contributed by atoms with Gasteiger partial charge in [0.05, 0.1) is 0 Å². The van der Waals surface area contributed by atoms with E-state index in [1.165, 1.54) is 180 Å². The number of rotatable bonds is 56.